The molecule has 1 saturated heterocycles. The zero-order valence-corrected chi connectivity index (χ0v) is 15.6. The molecule has 2 heterocycles. The van der Waals surface area contributed by atoms with Gasteiger partial charge in [0.1, 0.15) is 11.6 Å². The van der Waals surface area contributed by atoms with Gasteiger partial charge in [-0.25, -0.2) is 9.37 Å². The van der Waals surface area contributed by atoms with Crippen molar-refractivity contribution in [3.05, 3.63) is 53.5 Å². The lowest BCUT2D eigenvalue weighted by Crippen LogP contribution is -2.45. The molecule has 1 aliphatic rings. The molecule has 26 heavy (non-hydrogen) atoms. The number of rotatable bonds is 4. The number of aromatic nitrogens is 1. The van der Waals surface area contributed by atoms with E-state index < -0.39 is 0 Å². The summed E-state index contributed by atoms with van der Waals surface area (Å²) in [6, 6.07) is 6.90. The van der Waals surface area contributed by atoms with Crippen LogP contribution >= 0.6 is 0 Å². The molecule has 6 heteroatoms. The van der Waals surface area contributed by atoms with Crippen LogP contribution in [0.2, 0.25) is 0 Å². The number of carbonyl (C=O) groups excluding carboxylic acids is 1. The van der Waals surface area contributed by atoms with Gasteiger partial charge in [-0.15, -0.1) is 0 Å². The summed E-state index contributed by atoms with van der Waals surface area (Å²) in [5, 5.41) is 0. The molecule has 1 aromatic heterocycles. The Morgan fingerprint density at radius 3 is 2.65 bits per heavy atom. The summed E-state index contributed by atoms with van der Waals surface area (Å²) in [4.78, 5) is 21.2. The highest BCUT2D eigenvalue weighted by Gasteiger charge is 2.31. The number of carbonyl (C=O) groups is 1. The first kappa shape index (κ1) is 18.6. The number of halogens is 1. The predicted octanol–water partition coefficient (Wildman–Crippen LogP) is 3.49. The molecule has 5 nitrogen and oxygen atoms in total. The summed E-state index contributed by atoms with van der Waals surface area (Å²) in [6.45, 7) is 9.14. The Bertz CT molecular complexity index is 742. The van der Waals surface area contributed by atoms with Crippen molar-refractivity contribution in [3.63, 3.8) is 0 Å². The van der Waals surface area contributed by atoms with E-state index in [9.17, 15) is 9.18 Å². The Labute approximate surface area is 153 Å². The first-order valence-electron chi connectivity index (χ1n) is 9.13. The van der Waals surface area contributed by atoms with Crippen LogP contribution in [-0.4, -0.2) is 46.4 Å². The Morgan fingerprint density at radius 1 is 1.31 bits per heavy atom. The van der Waals surface area contributed by atoms with Gasteiger partial charge in [-0.05, 0) is 37.0 Å². The third-order valence-electron chi connectivity index (χ3n) is 5.05. The molecular weight excluding hydrogens is 333 g/mol. The van der Waals surface area contributed by atoms with Crippen LogP contribution in [0.3, 0.4) is 0 Å². The minimum absolute atomic E-state index is 0.0643. The second-order valence-corrected chi connectivity index (χ2v) is 7.27. The first-order chi connectivity index (χ1) is 12.5. The van der Waals surface area contributed by atoms with E-state index in [0.717, 1.165) is 25.1 Å². The summed E-state index contributed by atoms with van der Waals surface area (Å²) < 4.78 is 18.4. The number of aryl methyl sites for hydroxylation is 1. The van der Waals surface area contributed by atoms with Crippen LogP contribution in [0.25, 0.3) is 0 Å². The summed E-state index contributed by atoms with van der Waals surface area (Å²) in [7, 11) is 0. The number of oxazole rings is 1. The number of hydrogen-bond donors (Lipinski definition) is 0. The molecule has 0 unspecified atom stereocenters. The van der Waals surface area contributed by atoms with Gasteiger partial charge >= 0.3 is 0 Å². The van der Waals surface area contributed by atoms with Crippen LogP contribution < -0.4 is 0 Å². The van der Waals surface area contributed by atoms with Crippen molar-refractivity contribution in [1.29, 1.82) is 0 Å². The smallest absolute Gasteiger partial charge is 0.276 e. The third kappa shape index (κ3) is 4.12. The van der Waals surface area contributed by atoms with Gasteiger partial charge in [0.25, 0.3) is 5.91 Å². The van der Waals surface area contributed by atoms with E-state index >= 15 is 0 Å². The quantitative estimate of drug-likeness (QED) is 0.838. The van der Waals surface area contributed by atoms with Crippen molar-refractivity contribution in [2.24, 2.45) is 5.92 Å². The van der Waals surface area contributed by atoms with Crippen LogP contribution in [0.4, 0.5) is 4.39 Å². The van der Waals surface area contributed by atoms with Gasteiger partial charge in [-0.2, -0.15) is 0 Å². The van der Waals surface area contributed by atoms with Gasteiger partial charge in [0.05, 0.1) is 0 Å². The molecule has 2 aromatic rings. The van der Waals surface area contributed by atoms with Gasteiger partial charge < -0.3 is 9.32 Å². The largest absolute Gasteiger partial charge is 0.448 e. The molecule has 0 spiro atoms. The first-order valence-corrected chi connectivity index (χ1v) is 9.13. The lowest BCUT2D eigenvalue weighted by Gasteiger charge is -2.34. The zero-order valence-electron chi connectivity index (χ0n) is 15.6. The Morgan fingerprint density at radius 2 is 2.04 bits per heavy atom. The molecule has 1 amide bonds. The van der Waals surface area contributed by atoms with Gasteiger partial charge in [0, 0.05) is 32.2 Å². The number of hydrogen-bond acceptors (Lipinski definition) is 4. The summed E-state index contributed by atoms with van der Waals surface area (Å²) in [6.07, 6.45) is 2.22. The highest BCUT2D eigenvalue weighted by atomic mass is 19.1. The normalized spacial score (nSPS) is 19.0. The van der Waals surface area contributed by atoms with E-state index in [0.29, 0.717) is 30.5 Å². The van der Waals surface area contributed by atoms with Crippen LogP contribution in [0.1, 0.15) is 42.1 Å². The molecule has 0 radical (unpaired) electrons. The van der Waals surface area contributed by atoms with E-state index in [1.165, 1.54) is 18.5 Å². The minimum Gasteiger partial charge on any atom is -0.448 e. The average molecular weight is 359 g/mol. The fourth-order valence-corrected chi connectivity index (χ4v) is 3.56. The van der Waals surface area contributed by atoms with Gasteiger partial charge in [-0.3, -0.25) is 9.69 Å². The molecule has 0 N–H and O–H groups in total. The zero-order chi connectivity index (χ0) is 18.7. The molecule has 0 bridgehead atoms. The van der Waals surface area contributed by atoms with Crippen molar-refractivity contribution < 1.29 is 13.6 Å². The van der Waals surface area contributed by atoms with Gasteiger partial charge in [0.2, 0.25) is 0 Å². The van der Waals surface area contributed by atoms with Crippen molar-refractivity contribution in [3.8, 4) is 0 Å². The topological polar surface area (TPSA) is 49.6 Å². The molecule has 1 aliphatic heterocycles. The number of amides is 1. The van der Waals surface area contributed by atoms with Crippen LogP contribution in [0.5, 0.6) is 0 Å². The SMILES string of the molecule is Cc1ocnc1C(=O)N1CCCN(Cc2ccc(F)cc2)[C@H](C(C)C)C1. The van der Waals surface area contributed by atoms with E-state index in [4.69, 9.17) is 4.42 Å². The maximum atomic E-state index is 13.2. The van der Waals surface area contributed by atoms with Crippen molar-refractivity contribution in [2.75, 3.05) is 19.6 Å². The molecule has 1 fully saturated rings. The monoisotopic (exact) mass is 359 g/mol. The fourth-order valence-electron chi connectivity index (χ4n) is 3.56. The Kier molecular flexibility index (Phi) is 5.71. The van der Waals surface area contributed by atoms with E-state index in [2.05, 4.69) is 23.7 Å². The maximum absolute atomic E-state index is 13.2. The van der Waals surface area contributed by atoms with Gasteiger partial charge in [0.15, 0.2) is 12.1 Å². The summed E-state index contributed by atoms with van der Waals surface area (Å²) in [5.74, 6) is 0.668. The second-order valence-electron chi connectivity index (χ2n) is 7.27. The molecule has 0 aliphatic carbocycles. The van der Waals surface area contributed by atoms with E-state index in [-0.39, 0.29) is 17.8 Å². The van der Waals surface area contributed by atoms with Crippen molar-refractivity contribution in [1.82, 2.24) is 14.8 Å². The predicted molar refractivity (Wildman–Crippen MR) is 97.2 cm³/mol. The maximum Gasteiger partial charge on any atom is 0.276 e. The van der Waals surface area contributed by atoms with Crippen molar-refractivity contribution >= 4 is 5.91 Å². The van der Waals surface area contributed by atoms with Crippen LogP contribution in [0.15, 0.2) is 35.1 Å². The lowest BCUT2D eigenvalue weighted by molar-refractivity contribution is 0.0695. The lowest BCUT2D eigenvalue weighted by atomic mass is 10.0. The molecule has 1 atom stereocenters. The highest BCUT2D eigenvalue weighted by Crippen LogP contribution is 2.21. The molecule has 3 rings (SSSR count). The molecule has 140 valence electrons. The fraction of sp³-hybridized carbons (Fsp3) is 0.500. The van der Waals surface area contributed by atoms with E-state index in [1.54, 1.807) is 6.92 Å². The van der Waals surface area contributed by atoms with Crippen LogP contribution in [0, 0.1) is 18.7 Å². The molecular formula is C20H26FN3O2. The minimum atomic E-state index is -0.218. The third-order valence-corrected chi connectivity index (χ3v) is 5.05. The van der Waals surface area contributed by atoms with Gasteiger partial charge in [-0.1, -0.05) is 26.0 Å². The van der Waals surface area contributed by atoms with E-state index in [1.807, 2.05) is 17.0 Å². The van der Waals surface area contributed by atoms with Crippen molar-refractivity contribution in [2.45, 2.75) is 39.8 Å². The Balaban J connectivity index is 1.76. The average Bonchev–Trinajstić information content (AvgIpc) is 2.92. The standard InChI is InChI=1S/C20H26FN3O2/c1-14(2)18-12-24(20(25)19-15(3)26-13-22-19)10-4-9-23(18)11-16-5-7-17(21)8-6-16/h5-8,13-14,18H,4,9-12H2,1-3H3/t18-/m0/s1. The summed E-state index contributed by atoms with van der Waals surface area (Å²) in [5.41, 5.74) is 1.49. The second kappa shape index (κ2) is 7.99. The number of benzene rings is 1. The number of nitrogens with zero attached hydrogens (tertiary/aromatic N) is 3. The Hall–Kier alpha value is -2.21. The highest BCUT2D eigenvalue weighted by molar-refractivity contribution is 5.93. The summed E-state index contributed by atoms with van der Waals surface area (Å²) >= 11 is 0. The molecule has 1 aromatic carbocycles. The molecule has 0 saturated carbocycles. The van der Waals surface area contributed by atoms with Crippen LogP contribution in [-0.2, 0) is 6.54 Å².